The van der Waals surface area contributed by atoms with Gasteiger partial charge in [-0.05, 0) is 24.6 Å². The van der Waals surface area contributed by atoms with E-state index in [0.717, 1.165) is 0 Å². The van der Waals surface area contributed by atoms with Crippen LogP contribution in [0.25, 0.3) is 0 Å². The highest BCUT2D eigenvalue weighted by molar-refractivity contribution is 8.15. The minimum absolute atomic E-state index is 0.0125. The average molecular weight is 386 g/mol. The molecule has 1 heterocycles. The van der Waals surface area contributed by atoms with Crippen LogP contribution in [0.2, 0.25) is 0 Å². The molecule has 0 radical (unpaired) electrons. The second-order valence-corrected chi connectivity index (χ2v) is 6.97. The molecular weight excluding hydrogens is 371 g/mol. The Kier molecular flexibility index (Phi) is 5.60. The van der Waals surface area contributed by atoms with Gasteiger partial charge in [0.25, 0.3) is 5.69 Å². The van der Waals surface area contributed by atoms with Crippen molar-refractivity contribution in [2.45, 2.75) is 18.6 Å². The molecule has 27 heavy (non-hydrogen) atoms. The van der Waals surface area contributed by atoms with Crippen molar-refractivity contribution >= 4 is 34.2 Å². The maximum atomic E-state index is 13.0. The normalized spacial score (nSPS) is 18.6. The number of benzene rings is 2. The quantitative estimate of drug-likeness (QED) is 0.484. The number of nitro benzene ring substituents is 1. The Bertz CT molecular complexity index is 944. The fourth-order valence-electron chi connectivity index (χ4n) is 2.52. The number of amides is 1. The van der Waals surface area contributed by atoms with Gasteiger partial charge in [-0.1, -0.05) is 42.1 Å². The molecule has 1 fully saturated rings. The SMILES string of the molecule is C/C(=N/N=C1\NC(=O)[C@H](Cc2ccccc2[N+](=O)[O-])S1)c1ccc(F)cc1. The van der Waals surface area contributed by atoms with Crippen molar-refractivity contribution in [3.8, 4) is 0 Å². The number of halogens is 1. The van der Waals surface area contributed by atoms with Crippen molar-refractivity contribution in [1.29, 1.82) is 0 Å². The third kappa shape index (κ3) is 4.56. The first-order chi connectivity index (χ1) is 12.9. The predicted molar refractivity (Wildman–Crippen MR) is 102 cm³/mol. The van der Waals surface area contributed by atoms with Crippen molar-refractivity contribution in [1.82, 2.24) is 5.32 Å². The summed E-state index contributed by atoms with van der Waals surface area (Å²) < 4.78 is 13.0. The van der Waals surface area contributed by atoms with Crippen LogP contribution in [-0.4, -0.2) is 27.0 Å². The van der Waals surface area contributed by atoms with E-state index in [-0.39, 0.29) is 23.8 Å². The number of hydrogen-bond donors (Lipinski definition) is 1. The number of nitrogens with one attached hydrogen (secondary N) is 1. The lowest BCUT2D eigenvalue weighted by molar-refractivity contribution is -0.385. The molecule has 1 atom stereocenters. The van der Waals surface area contributed by atoms with Crippen LogP contribution in [-0.2, 0) is 11.2 Å². The topological polar surface area (TPSA) is 97.0 Å². The van der Waals surface area contributed by atoms with E-state index in [9.17, 15) is 19.3 Å². The minimum Gasteiger partial charge on any atom is -0.303 e. The lowest BCUT2D eigenvalue weighted by Crippen LogP contribution is -2.26. The third-order valence-corrected chi connectivity index (χ3v) is 5.00. The van der Waals surface area contributed by atoms with Gasteiger partial charge in [0, 0.05) is 18.1 Å². The van der Waals surface area contributed by atoms with E-state index in [4.69, 9.17) is 0 Å². The van der Waals surface area contributed by atoms with Gasteiger partial charge in [0.2, 0.25) is 5.91 Å². The smallest absolute Gasteiger partial charge is 0.272 e. The molecule has 0 aliphatic carbocycles. The van der Waals surface area contributed by atoms with Crippen LogP contribution in [0, 0.1) is 15.9 Å². The van der Waals surface area contributed by atoms with Gasteiger partial charge in [-0.15, -0.1) is 5.10 Å². The van der Waals surface area contributed by atoms with Gasteiger partial charge in [-0.2, -0.15) is 5.10 Å². The van der Waals surface area contributed by atoms with Gasteiger partial charge >= 0.3 is 0 Å². The molecule has 0 bridgehead atoms. The van der Waals surface area contributed by atoms with E-state index in [1.165, 1.54) is 30.0 Å². The summed E-state index contributed by atoms with van der Waals surface area (Å²) in [5.74, 6) is -0.610. The Balaban J connectivity index is 1.72. The highest BCUT2D eigenvalue weighted by Crippen LogP contribution is 2.27. The summed E-state index contributed by atoms with van der Waals surface area (Å²) in [5, 5.41) is 21.6. The van der Waals surface area contributed by atoms with E-state index < -0.39 is 10.2 Å². The standard InChI is InChI=1S/C18H15FN4O3S/c1-11(12-6-8-14(19)9-7-12)21-22-18-20-17(24)16(27-18)10-13-4-2-3-5-15(13)23(25)26/h2-9,16H,10H2,1H3,(H,20,22,24)/b21-11-/t16-/m0/s1. The molecule has 7 nitrogen and oxygen atoms in total. The Morgan fingerprint density at radius 2 is 1.96 bits per heavy atom. The molecule has 9 heteroatoms. The first-order valence-corrected chi connectivity index (χ1v) is 8.90. The van der Waals surface area contributed by atoms with E-state index in [2.05, 4.69) is 15.5 Å². The Labute approximate surface area is 158 Å². The summed E-state index contributed by atoms with van der Waals surface area (Å²) in [6.45, 7) is 1.73. The number of thioether (sulfide) groups is 1. The lowest BCUT2D eigenvalue weighted by atomic mass is 10.1. The van der Waals surface area contributed by atoms with Gasteiger partial charge in [0.05, 0.1) is 15.9 Å². The van der Waals surface area contributed by atoms with E-state index >= 15 is 0 Å². The zero-order valence-corrected chi connectivity index (χ0v) is 15.1. The van der Waals surface area contributed by atoms with Gasteiger partial charge in [-0.25, -0.2) is 4.39 Å². The van der Waals surface area contributed by atoms with Gasteiger partial charge in [0.1, 0.15) is 5.82 Å². The second-order valence-electron chi connectivity index (χ2n) is 5.78. The molecular formula is C18H15FN4O3S. The van der Waals surface area contributed by atoms with Crippen LogP contribution in [0.5, 0.6) is 0 Å². The number of carbonyl (C=O) groups is 1. The summed E-state index contributed by atoms with van der Waals surface area (Å²) >= 11 is 1.17. The number of hydrogen-bond acceptors (Lipinski definition) is 6. The second kappa shape index (κ2) is 8.09. The average Bonchev–Trinajstić information content (AvgIpc) is 3.00. The molecule has 0 saturated carbocycles. The largest absolute Gasteiger partial charge is 0.303 e. The zero-order valence-electron chi connectivity index (χ0n) is 14.3. The monoisotopic (exact) mass is 386 g/mol. The first-order valence-electron chi connectivity index (χ1n) is 8.02. The molecule has 1 saturated heterocycles. The van der Waals surface area contributed by atoms with Crippen molar-refractivity contribution < 1.29 is 14.1 Å². The van der Waals surface area contributed by atoms with E-state index in [1.54, 1.807) is 37.3 Å². The molecule has 0 aromatic heterocycles. The Morgan fingerprint density at radius 1 is 1.26 bits per heavy atom. The molecule has 2 aromatic carbocycles. The number of para-hydroxylation sites is 1. The summed E-state index contributed by atoms with van der Waals surface area (Å²) in [5.41, 5.74) is 1.76. The molecule has 0 unspecified atom stereocenters. The molecule has 2 aromatic rings. The number of nitrogens with zero attached hydrogens (tertiary/aromatic N) is 3. The van der Waals surface area contributed by atoms with E-state index in [0.29, 0.717) is 22.0 Å². The van der Waals surface area contributed by atoms with Crippen molar-refractivity contribution in [2.24, 2.45) is 10.2 Å². The van der Waals surface area contributed by atoms with Crippen molar-refractivity contribution in [2.75, 3.05) is 0 Å². The molecule has 138 valence electrons. The van der Waals surface area contributed by atoms with Crippen LogP contribution in [0.15, 0.2) is 58.7 Å². The fourth-order valence-corrected chi connectivity index (χ4v) is 3.46. The summed E-state index contributed by atoms with van der Waals surface area (Å²) in [7, 11) is 0. The number of rotatable bonds is 5. The summed E-state index contributed by atoms with van der Waals surface area (Å²) in [6.07, 6.45) is 0.216. The van der Waals surface area contributed by atoms with Crippen LogP contribution in [0.3, 0.4) is 0 Å². The van der Waals surface area contributed by atoms with E-state index in [1.807, 2.05) is 0 Å². The fraction of sp³-hybridized carbons (Fsp3) is 0.167. The Morgan fingerprint density at radius 3 is 2.67 bits per heavy atom. The molecule has 1 aliphatic rings. The highest BCUT2D eigenvalue weighted by Gasteiger charge is 2.32. The van der Waals surface area contributed by atoms with Crippen LogP contribution >= 0.6 is 11.8 Å². The molecule has 0 spiro atoms. The van der Waals surface area contributed by atoms with Gasteiger partial charge < -0.3 is 5.32 Å². The van der Waals surface area contributed by atoms with Crippen LogP contribution < -0.4 is 5.32 Å². The minimum atomic E-state index is -0.522. The Hall–Kier alpha value is -3.07. The molecule has 1 N–H and O–H groups in total. The lowest BCUT2D eigenvalue weighted by Gasteiger charge is -2.05. The number of carbonyl (C=O) groups excluding carboxylic acids is 1. The maximum Gasteiger partial charge on any atom is 0.272 e. The zero-order chi connectivity index (χ0) is 19.4. The van der Waals surface area contributed by atoms with Gasteiger partial charge in [-0.3, -0.25) is 14.9 Å². The van der Waals surface area contributed by atoms with Crippen molar-refractivity contribution in [3.05, 3.63) is 75.6 Å². The maximum absolute atomic E-state index is 13.0. The molecule has 3 rings (SSSR count). The molecule has 1 amide bonds. The number of amidine groups is 1. The summed E-state index contributed by atoms with van der Waals surface area (Å²) in [6, 6.07) is 12.2. The third-order valence-electron chi connectivity index (χ3n) is 3.92. The summed E-state index contributed by atoms with van der Waals surface area (Å²) in [4.78, 5) is 22.8. The van der Waals surface area contributed by atoms with Crippen LogP contribution in [0.4, 0.5) is 10.1 Å². The number of nitro groups is 1. The van der Waals surface area contributed by atoms with Gasteiger partial charge in [0.15, 0.2) is 5.17 Å². The first kappa shape index (κ1) is 18.7. The predicted octanol–water partition coefficient (Wildman–Crippen LogP) is 3.29. The molecule has 1 aliphatic heterocycles. The van der Waals surface area contributed by atoms with Crippen LogP contribution in [0.1, 0.15) is 18.1 Å². The van der Waals surface area contributed by atoms with Crippen molar-refractivity contribution in [3.63, 3.8) is 0 Å². The highest BCUT2D eigenvalue weighted by atomic mass is 32.2.